The second kappa shape index (κ2) is 6.01. The van der Waals surface area contributed by atoms with E-state index < -0.39 is 0 Å². The van der Waals surface area contributed by atoms with Crippen molar-refractivity contribution in [3.8, 4) is 11.8 Å². The number of aliphatic hydroxyl groups is 1. The zero-order chi connectivity index (χ0) is 9.52. The lowest BCUT2D eigenvalue weighted by molar-refractivity contribution is 0.122. The molecule has 0 radical (unpaired) electrons. The smallest absolute Gasteiger partial charge is 0.0693 e. The van der Waals surface area contributed by atoms with E-state index in [9.17, 15) is 5.11 Å². The Hall–Kier alpha value is -0.520. The van der Waals surface area contributed by atoms with E-state index in [-0.39, 0.29) is 12.1 Å². The molecule has 2 nitrogen and oxygen atoms in total. The van der Waals surface area contributed by atoms with Gasteiger partial charge in [-0.25, -0.2) is 0 Å². The van der Waals surface area contributed by atoms with Crippen molar-refractivity contribution in [3.05, 3.63) is 0 Å². The van der Waals surface area contributed by atoms with Gasteiger partial charge >= 0.3 is 0 Å². The normalized spacial score (nSPS) is 28.8. The molecular formula is C11H19NO. The zero-order valence-corrected chi connectivity index (χ0v) is 8.34. The minimum absolute atomic E-state index is 0.166. The summed E-state index contributed by atoms with van der Waals surface area (Å²) in [4.78, 5) is 0. The van der Waals surface area contributed by atoms with Gasteiger partial charge in [0, 0.05) is 6.04 Å². The van der Waals surface area contributed by atoms with Gasteiger partial charge in [-0.15, -0.1) is 5.92 Å². The summed E-state index contributed by atoms with van der Waals surface area (Å²) < 4.78 is 0. The first-order valence-corrected chi connectivity index (χ1v) is 5.15. The Morgan fingerprint density at radius 3 is 2.85 bits per heavy atom. The molecule has 2 heteroatoms. The van der Waals surface area contributed by atoms with Crippen LogP contribution in [0.25, 0.3) is 0 Å². The molecule has 0 spiro atoms. The van der Waals surface area contributed by atoms with Gasteiger partial charge in [0.25, 0.3) is 0 Å². The fourth-order valence-electron chi connectivity index (χ4n) is 1.80. The maximum Gasteiger partial charge on any atom is 0.0693 e. The lowest BCUT2D eigenvalue weighted by atomic mass is 10.1. The predicted octanol–water partition coefficient (Wildman–Crippen LogP) is 1.29. The summed E-state index contributed by atoms with van der Waals surface area (Å²) in [6, 6.07) is 0.267. The Balaban J connectivity index is 2.30. The van der Waals surface area contributed by atoms with E-state index in [0.29, 0.717) is 6.54 Å². The number of hydrogen-bond acceptors (Lipinski definition) is 2. The Bertz CT molecular complexity index is 192. The first-order chi connectivity index (χ1) is 6.34. The molecule has 74 valence electrons. The lowest BCUT2D eigenvalue weighted by Crippen LogP contribution is -2.39. The summed E-state index contributed by atoms with van der Waals surface area (Å²) in [5.74, 6) is 5.81. The second-order valence-corrected chi connectivity index (χ2v) is 3.62. The number of nitrogens with one attached hydrogen (secondary N) is 1. The molecular weight excluding hydrogens is 162 g/mol. The number of hydrogen-bond donors (Lipinski definition) is 2. The Kier molecular flexibility index (Phi) is 4.88. The summed E-state index contributed by atoms with van der Waals surface area (Å²) in [6.07, 6.45) is 5.52. The summed E-state index contributed by atoms with van der Waals surface area (Å²) >= 11 is 0. The van der Waals surface area contributed by atoms with Crippen molar-refractivity contribution in [2.24, 2.45) is 0 Å². The van der Waals surface area contributed by atoms with Gasteiger partial charge in [-0.3, -0.25) is 0 Å². The van der Waals surface area contributed by atoms with Gasteiger partial charge < -0.3 is 10.4 Å². The summed E-state index contributed by atoms with van der Waals surface area (Å²) in [5.41, 5.74) is 0. The first kappa shape index (κ1) is 10.6. The van der Waals surface area contributed by atoms with E-state index in [1.54, 1.807) is 0 Å². The van der Waals surface area contributed by atoms with Crippen LogP contribution in [0.2, 0.25) is 0 Å². The fraction of sp³-hybridized carbons (Fsp3) is 0.818. The first-order valence-electron chi connectivity index (χ1n) is 5.15. The molecule has 1 fully saturated rings. The third-order valence-corrected chi connectivity index (χ3v) is 2.61. The molecule has 0 aromatic carbocycles. The monoisotopic (exact) mass is 181 g/mol. The van der Waals surface area contributed by atoms with Crippen LogP contribution >= 0.6 is 0 Å². The molecule has 0 bridgehead atoms. The Morgan fingerprint density at radius 1 is 1.31 bits per heavy atom. The van der Waals surface area contributed by atoms with E-state index >= 15 is 0 Å². The van der Waals surface area contributed by atoms with Crippen LogP contribution in [0.4, 0.5) is 0 Å². The second-order valence-electron chi connectivity index (χ2n) is 3.62. The Labute approximate surface area is 80.7 Å². The van der Waals surface area contributed by atoms with Gasteiger partial charge in [-0.1, -0.05) is 25.2 Å². The van der Waals surface area contributed by atoms with Crippen molar-refractivity contribution in [3.63, 3.8) is 0 Å². The van der Waals surface area contributed by atoms with Crippen LogP contribution < -0.4 is 5.32 Å². The molecule has 0 aliphatic heterocycles. The standard InChI is InChI=1S/C11H19NO/c1-2-3-9-12-10-7-5-4-6-8-11(10)13/h10-13H,4-9H2,1H3. The topological polar surface area (TPSA) is 32.3 Å². The van der Waals surface area contributed by atoms with Crippen LogP contribution in [0.15, 0.2) is 0 Å². The van der Waals surface area contributed by atoms with E-state index in [2.05, 4.69) is 17.2 Å². The van der Waals surface area contributed by atoms with Gasteiger partial charge in [0.2, 0.25) is 0 Å². The Morgan fingerprint density at radius 2 is 2.08 bits per heavy atom. The van der Waals surface area contributed by atoms with Gasteiger partial charge in [-0.05, 0) is 19.8 Å². The molecule has 1 saturated carbocycles. The highest BCUT2D eigenvalue weighted by molar-refractivity contribution is 4.98. The molecule has 2 unspecified atom stereocenters. The van der Waals surface area contributed by atoms with Crippen molar-refractivity contribution in [1.29, 1.82) is 0 Å². The van der Waals surface area contributed by atoms with Crippen LogP contribution in [-0.2, 0) is 0 Å². The van der Waals surface area contributed by atoms with Crippen molar-refractivity contribution in [2.45, 2.75) is 51.2 Å². The summed E-state index contributed by atoms with van der Waals surface area (Å²) in [5, 5.41) is 13.0. The fourth-order valence-corrected chi connectivity index (χ4v) is 1.80. The maximum absolute atomic E-state index is 9.74. The molecule has 0 aromatic rings. The number of aliphatic hydroxyl groups excluding tert-OH is 1. The van der Waals surface area contributed by atoms with Crippen molar-refractivity contribution >= 4 is 0 Å². The van der Waals surface area contributed by atoms with Gasteiger partial charge in [-0.2, -0.15) is 0 Å². The molecule has 1 rings (SSSR count). The van der Waals surface area contributed by atoms with Gasteiger partial charge in [0.1, 0.15) is 0 Å². The van der Waals surface area contributed by atoms with Gasteiger partial charge in [0.05, 0.1) is 12.6 Å². The minimum atomic E-state index is -0.166. The van der Waals surface area contributed by atoms with Crippen molar-refractivity contribution in [1.82, 2.24) is 5.32 Å². The lowest BCUT2D eigenvalue weighted by Gasteiger charge is -2.20. The third-order valence-electron chi connectivity index (χ3n) is 2.61. The van der Waals surface area contributed by atoms with E-state index in [0.717, 1.165) is 12.8 Å². The van der Waals surface area contributed by atoms with Crippen molar-refractivity contribution < 1.29 is 5.11 Å². The molecule has 0 aromatic heterocycles. The SMILES string of the molecule is CC#CCNC1CCCCCC1O. The molecule has 13 heavy (non-hydrogen) atoms. The third kappa shape index (κ3) is 3.80. The summed E-state index contributed by atoms with van der Waals surface area (Å²) in [6.45, 7) is 2.55. The molecule has 2 atom stereocenters. The van der Waals surface area contributed by atoms with Crippen LogP contribution in [0, 0.1) is 11.8 Å². The molecule has 0 saturated heterocycles. The minimum Gasteiger partial charge on any atom is -0.392 e. The van der Waals surface area contributed by atoms with E-state index in [1.165, 1.54) is 19.3 Å². The average molecular weight is 181 g/mol. The summed E-state index contributed by atoms with van der Waals surface area (Å²) in [7, 11) is 0. The zero-order valence-electron chi connectivity index (χ0n) is 8.34. The highest BCUT2D eigenvalue weighted by atomic mass is 16.3. The number of rotatable bonds is 2. The molecule has 2 N–H and O–H groups in total. The highest BCUT2D eigenvalue weighted by Gasteiger charge is 2.19. The van der Waals surface area contributed by atoms with Crippen molar-refractivity contribution in [2.75, 3.05) is 6.54 Å². The molecule has 1 aliphatic carbocycles. The largest absolute Gasteiger partial charge is 0.392 e. The van der Waals surface area contributed by atoms with E-state index in [4.69, 9.17) is 0 Å². The van der Waals surface area contributed by atoms with Crippen LogP contribution in [0.3, 0.4) is 0 Å². The molecule has 0 heterocycles. The van der Waals surface area contributed by atoms with Crippen LogP contribution in [0.1, 0.15) is 39.0 Å². The van der Waals surface area contributed by atoms with Gasteiger partial charge in [0.15, 0.2) is 0 Å². The maximum atomic E-state index is 9.74. The van der Waals surface area contributed by atoms with E-state index in [1.807, 2.05) is 6.92 Å². The average Bonchev–Trinajstić information content (AvgIpc) is 2.32. The molecule has 0 amide bonds. The quantitative estimate of drug-likeness (QED) is 0.497. The van der Waals surface area contributed by atoms with Crippen LogP contribution in [0.5, 0.6) is 0 Å². The predicted molar refractivity (Wildman–Crippen MR) is 54.3 cm³/mol. The molecule has 1 aliphatic rings. The highest BCUT2D eigenvalue weighted by Crippen LogP contribution is 2.17. The van der Waals surface area contributed by atoms with Crippen LogP contribution in [-0.4, -0.2) is 23.8 Å².